The number of nitro benzene ring substituents is 1. The van der Waals surface area contributed by atoms with Crippen molar-refractivity contribution >= 4 is 28.3 Å². The predicted molar refractivity (Wildman–Crippen MR) is 218 cm³/mol. The van der Waals surface area contributed by atoms with Crippen molar-refractivity contribution in [1.82, 2.24) is 19.4 Å². The van der Waals surface area contributed by atoms with Crippen molar-refractivity contribution in [3.8, 4) is 5.75 Å². The van der Waals surface area contributed by atoms with Gasteiger partial charge in [-0.15, -0.1) is 0 Å². The Morgan fingerprint density at radius 3 is 2.13 bits per heavy atom. The Balaban J connectivity index is 0.000000210. The number of fused-ring (bicyclic) bond motifs is 1. The fraction of sp³-hybridized carbons (Fsp3) is 0.409. The second kappa shape index (κ2) is 20.4. The maximum Gasteiger partial charge on any atom is 0.271 e. The highest BCUT2D eigenvalue weighted by Crippen LogP contribution is 2.26. The summed E-state index contributed by atoms with van der Waals surface area (Å²) in [7, 11) is 0. The monoisotopic (exact) mass is 732 g/mol. The number of rotatable bonds is 16. The zero-order chi connectivity index (χ0) is 38.3. The van der Waals surface area contributed by atoms with E-state index in [1.54, 1.807) is 12.1 Å². The van der Waals surface area contributed by atoms with E-state index in [0.29, 0.717) is 31.0 Å². The Bertz CT molecular complexity index is 1890. The highest BCUT2D eigenvalue weighted by molar-refractivity contribution is 5.93. The van der Waals surface area contributed by atoms with Gasteiger partial charge in [0.2, 0.25) is 5.91 Å². The fourth-order valence-electron chi connectivity index (χ4n) is 7.15. The first kappa shape index (κ1) is 40.1. The van der Waals surface area contributed by atoms with E-state index < -0.39 is 0 Å². The van der Waals surface area contributed by atoms with Gasteiger partial charge < -0.3 is 24.0 Å². The molecule has 0 spiro atoms. The van der Waals surface area contributed by atoms with E-state index in [-0.39, 0.29) is 16.5 Å². The molecule has 0 N–H and O–H groups in total. The molecule has 54 heavy (non-hydrogen) atoms. The first-order chi connectivity index (χ1) is 26.3. The summed E-state index contributed by atoms with van der Waals surface area (Å²) in [6.45, 7) is 15.8. The zero-order valence-corrected chi connectivity index (χ0v) is 32.4. The third kappa shape index (κ3) is 11.0. The number of likely N-dealkylation sites (N-methyl/N-ethyl adjacent to an activating group) is 1. The number of carbonyl (C=O) groups is 1. The van der Waals surface area contributed by atoms with E-state index >= 15 is 0 Å². The van der Waals surface area contributed by atoms with Crippen LogP contribution in [0.5, 0.6) is 5.75 Å². The highest BCUT2D eigenvalue weighted by Gasteiger charge is 2.28. The molecular weight excluding hydrogens is 677 g/mol. The van der Waals surface area contributed by atoms with Gasteiger partial charge in [-0.05, 0) is 80.7 Å². The lowest BCUT2D eigenvalue weighted by Crippen LogP contribution is -2.47. The summed E-state index contributed by atoms with van der Waals surface area (Å²) in [5.74, 6) is 1.99. The molecule has 1 saturated heterocycles. The van der Waals surface area contributed by atoms with Gasteiger partial charge in [0, 0.05) is 69.4 Å². The lowest BCUT2D eigenvalue weighted by atomic mass is 10.0. The lowest BCUT2D eigenvalue weighted by Gasteiger charge is -2.38. The molecular formula is C44H56N6O4. The number of benzene rings is 4. The predicted octanol–water partition coefficient (Wildman–Crippen LogP) is 8.41. The number of ether oxygens (including phenoxy) is 1. The average Bonchev–Trinajstić information content (AvgIpc) is 3.55. The van der Waals surface area contributed by atoms with Crippen LogP contribution in [0.25, 0.3) is 11.0 Å². The van der Waals surface area contributed by atoms with Gasteiger partial charge in [0.05, 0.1) is 22.6 Å². The molecule has 0 saturated carbocycles. The molecule has 1 aromatic heterocycles. The van der Waals surface area contributed by atoms with Crippen molar-refractivity contribution in [2.45, 2.75) is 72.4 Å². The molecule has 1 fully saturated rings. The van der Waals surface area contributed by atoms with Gasteiger partial charge in [0.25, 0.3) is 5.69 Å². The van der Waals surface area contributed by atoms with Crippen molar-refractivity contribution in [3.63, 3.8) is 0 Å². The standard InChI is InChI=1S/C22H28N4O3.C22H28N2O/c1-4-24(5-2)13-14-25-21-12-9-18(26(27)28)16-20(21)23-22(25)15-17-7-10-19(11-8-17)29-6-3;1-2-22(25)24(20-11-7-4-8-12-20)21-14-17-23(18-15-21)16-13-19-9-5-3-6-10-19/h7-12,16H,4-6,13-15H2,1-3H3;3-12,21H,2,13-18H2,1H3. The maximum atomic E-state index is 12.5. The van der Waals surface area contributed by atoms with Gasteiger partial charge in [-0.25, -0.2) is 4.98 Å². The van der Waals surface area contributed by atoms with Gasteiger partial charge in [-0.2, -0.15) is 0 Å². The van der Waals surface area contributed by atoms with E-state index in [9.17, 15) is 14.9 Å². The molecule has 10 heteroatoms. The average molecular weight is 733 g/mol. The van der Waals surface area contributed by atoms with Crippen LogP contribution >= 0.6 is 0 Å². The number of piperidine rings is 1. The van der Waals surface area contributed by atoms with Crippen LogP contribution in [0.1, 0.15) is 63.9 Å². The van der Waals surface area contributed by atoms with Crippen LogP contribution in [0.15, 0.2) is 103 Å². The first-order valence-electron chi connectivity index (χ1n) is 19.5. The van der Waals surface area contributed by atoms with Crippen molar-refractivity contribution in [2.75, 3.05) is 50.8 Å². The summed E-state index contributed by atoms with van der Waals surface area (Å²) in [4.78, 5) is 35.0. The van der Waals surface area contributed by atoms with Gasteiger partial charge in [0.1, 0.15) is 11.6 Å². The van der Waals surface area contributed by atoms with Gasteiger partial charge in [-0.1, -0.05) is 81.4 Å². The Morgan fingerprint density at radius 2 is 1.52 bits per heavy atom. The van der Waals surface area contributed by atoms with Crippen molar-refractivity contribution in [1.29, 1.82) is 0 Å². The minimum atomic E-state index is -0.375. The SMILES string of the molecule is CCC(=O)N(c1ccccc1)C1CCN(CCc2ccccc2)CC1.CCOc1ccc(Cc2nc3cc([N+](=O)[O-])ccc3n2CCN(CC)CC)cc1. The van der Waals surface area contributed by atoms with Gasteiger partial charge in [-0.3, -0.25) is 14.9 Å². The van der Waals surface area contributed by atoms with Crippen molar-refractivity contribution in [3.05, 3.63) is 130 Å². The number of para-hydroxylation sites is 1. The number of non-ortho nitro benzene ring substituents is 1. The van der Waals surface area contributed by atoms with Crippen molar-refractivity contribution in [2.24, 2.45) is 0 Å². The summed E-state index contributed by atoms with van der Waals surface area (Å²) in [5, 5.41) is 11.2. The number of nitro groups is 1. The normalized spacial score (nSPS) is 13.4. The third-order valence-electron chi connectivity index (χ3n) is 10.2. The largest absolute Gasteiger partial charge is 0.494 e. The van der Waals surface area contributed by atoms with Crippen LogP contribution in [-0.4, -0.2) is 82.1 Å². The van der Waals surface area contributed by atoms with E-state index in [2.05, 4.69) is 70.7 Å². The third-order valence-corrected chi connectivity index (χ3v) is 10.2. The Hall–Kier alpha value is -5.06. The summed E-state index contributed by atoms with van der Waals surface area (Å²) in [5.41, 5.74) is 5.23. The second-order valence-corrected chi connectivity index (χ2v) is 13.7. The minimum Gasteiger partial charge on any atom is -0.494 e. The highest BCUT2D eigenvalue weighted by atomic mass is 16.6. The number of amides is 1. The lowest BCUT2D eigenvalue weighted by molar-refractivity contribution is -0.384. The minimum absolute atomic E-state index is 0.0681. The number of carbonyl (C=O) groups excluding carboxylic acids is 1. The molecule has 0 aliphatic carbocycles. The molecule has 6 rings (SSSR count). The molecule has 5 aromatic rings. The zero-order valence-electron chi connectivity index (χ0n) is 32.4. The second-order valence-electron chi connectivity index (χ2n) is 13.7. The molecule has 286 valence electrons. The van der Waals surface area contributed by atoms with Crippen LogP contribution in [-0.2, 0) is 24.2 Å². The van der Waals surface area contributed by atoms with Crippen LogP contribution in [0.4, 0.5) is 11.4 Å². The topological polar surface area (TPSA) is 97.0 Å². The number of aromatic nitrogens is 2. The summed E-state index contributed by atoms with van der Waals surface area (Å²) in [6, 6.07) is 34.1. The van der Waals surface area contributed by atoms with E-state index in [4.69, 9.17) is 9.72 Å². The Morgan fingerprint density at radius 1 is 0.852 bits per heavy atom. The van der Waals surface area contributed by atoms with Gasteiger partial charge >= 0.3 is 0 Å². The smallest absolute Gasteiger partial charge is 0.271 e. The van der Waals surface area contributed by atoms with Crippen LogP contribution in [0.3, 0.4) is 0 Å². The number of imidazole rings is 1. The molecule has 0 bridgehead atoms. The molecule has 1 amide bonds. The van der Waals surface area contributed by atoms with Crippen LogP contribution < -0.4 is 9.64 Å². The number of anilines is 1. The number of hydrogen-bond acceptors (Lipinski definition) is 7. The van der Waals surface area contributed by atoms with Crippen molar-refractivity contribution < 1.29 is 14.5 Å². The van der Waals surface area contributed by atoms with E-state index in [1.807, 2.05) is 67.3 Å². The Kier molecular flexibility index (Phi) is 15.2. The molecule has 0 radical (unpaired) electrons. The molecule has 2 heterocycles. The quantitative estimate of drug-likeness (QED) is 0.0743. The van der Waals surface area contributed by atoms with Crippen LogP contribution in [0, 0.1) is 10.1 Å². The van der Waals surface area contributed by atoms with E-state index in [1.165, 1.54) is 5.56 Å². The number of nitrogens with zero attached hydrogens (tertiary/aromatic N) is 6. The Labute approximate surface area is 320 Å². The maximum absolute atomic E-state index is 12.5. The van der Waals surface area contributed by atoms with Gasteiger partial charge in [0.15, 0.2) is 0 Å². The summed E-state index contributed by atoms with van der Waals surface area (Å²) in [6.07, 6.45) is 4.42. The fourth-order valence-corrected chi connectivity index (χ4v) is 7.15. The molecule has 0 unspecified atom stereocenters. The molecule has 10 nitrogen and oxygen atoms in total. The molecule has 1 aliphatic heterocycles. The van der Waals surface area contributed by atoms with Crippen LogP contribution in [0.2, 0.25) is 0 Å². The number of hydrogen-bond donors (Lipinski definition) is 0. The summed E-state index contributed by atoms with van der Waals surface area (Å²) < 4.78 is 7.71. The summed E-state index contributed by atoms with van der Waals surface area (Å²) >= 11 is 0. The molecule has 1 aliphatic rings. The first-order valence-corrected chi connectivity index (χ1v) is 19.5. The van der Waals surface area contributed by atoms with E-state index in [0.717, 1.165) is 93.4 Å². The molecule has 0 atom stereocenters. The molecule has 4 aromatic carbocycles. The number of likely N-dealkylation sites (tertiary alicyclic amines) is 1.